The summed E-state index contributed by atoms with van der Waals surface area (Å²) < 4.78 is 5.52. The van der Waals surface area contributed by atoms with Crippen LogP contribution in [-0.4, -0.2) is 16.1 Å². The fourth-order valence-corrected chi connectivity index (χ4v) is 1.78. The lowest BCUT2D eigenvalue weighted by Crippen LogP contribution is -2.05. The van der Waals surface area contributed by atoms with Gasteiger partial charge < -0.3 is 9.84 Å². The van der Waals surface area contributed by atoms with Crippen molar-refractivity contribution in [2.45, 2.75) is 13.5 Å². The average Bonchev–Trinajstić information content (AvgIpc) is 2.38. The van der Waals surface area contributed by atoms with Crippen molar-refractivity contribution in [1.29, 1.82) is 0 Å². The highest BCUT2D eigenvalue weighted by molar-refractivity contribution is 6.31. The lowest BCUT2D eigenvalue weighted by molar-refractivity contribution is 0.0691. The number of benzene rings is 1. The molecule has 0 atom stereocenters. The molecule has 4 nitrogen and oxygen atoms in total. The van der Waals surface area contributed by atoms with E-state index in [2.05, 4.69) is 4.98 Å². The fourth-order valence-electron chi connectivity index (χ4n) is 1.61. The van der Waals surface area contributed by atoms with Crippen molar-refractivity contribution in [2.75, 3.05) is 0 Å². The molecule has 0 radical (unpaired) electrons. The van der Waals surface area contributed by atoms with Crippen molar-refractivity contribution in [3.63, 3.8) is 0 Å². The number of aromatic nitrogens is 1. The molecule has 1 heterocycles. The smallest absolute Gasteiger partial charge is 0.339 e. The van der Waals surface area contributed by atoms with E-state index in [0.717, 1.165) is 11.3 Å². The Labute approximate surface area is 115 Å². The van der Waals surface area contributed by atoms with E-state index < -0.39 is 5.97 Å². The van der Waals surface area contributed by atoms with Gasteiger partial charge in [0.2, 0.25) is 0 Å². The number of carboxylic acids is 1. The summed E-state index contributed by atoms with van der Waals surface area (Å²) >= 11 is 5.77. The minimum atomic E-state index is -1.07. The van der Waals surface area contributed by atoms with Gasteiger partial charge >= 0.3 is 5.97 Å². The number of aryl methyl sites for hydroxylation is 1. The molecule has 19 heavy (non-hydrogen) atoms. The molecule has 0 aliphatic carbocycles. The first-order valence-electron chi connectivity index (χ1n) is 5.64. The molecule has 0 aliphatic rings. The Balaban J connectivity index is 2.20. The number of nitrogens with zero attached hydrogens (tertiary/aromatic N) is 1. The fraction of sp³-hybridized carbons (Fsp3) is 0.143. The standard InChI is InChI=1S/C14H12ClNO3/c1-9-3-2-6-16-12(9)8-19-13-5-4-10(15)7-11(13)14(17)18/h2-7H,8H2,1H3,(H,17,18). The molecule has 0 bridgehead atoms. The number of hydrogen-bond acceptors (Lipinski definition) is 3. The Morgan fingerprint density at radius 2 is 2.21 bits per heavy atom. The molecule has 0 saturated heterocycles. The molecule has 2 rings (SSSR count). The van der Waals surface area contributed by atoms with Crippen LogP contribution in [0.25, 0.3) is 0 Å². The van der Waals surface area contributed by atoms with Gasteiger partial charge in [-0.3, -0.25) is 4.98 Å². The van der Waals surface area contributed by atoms with Crippen LogP contribution >= 0.6 is 11.6 Å². The lowest BCUT2D eigenvalue weighted by atomic mass is 10.2. The third-order valence-electron chi connectivity index (χ3n) is 2.65. The number of pyridine rings is 1. The highest BCUT2D eigenvalue weighted by atomic mass is 35.5. The van der Waals surface area contributed by atoms with Gasteiger partial charge in [0.1, 0.15) is 17.9 Å². The lowest BCUT2D eigenvalue weighted by Gasteiger charge is -2.10. The van der Waals surface area contributed by atoms with E-state index in [1.807, 2.05) is 19.1 Å². The number of carbonyl (C=O) groups is 1. The number of halogens is 1. The van der Waals surface area contributed by atoms with E-state index in [1.165, 1.54) is 6.07 Å². The third kappa shape index (κ3) is 3.23. The maximum atomic E-state index is 11.1. The molecule has 0 amide bonds. The summed E-state index contributed by atoms with van der Waals surface area (Å²) in [5.41, 5.74) is 1.81. The average molecular weight is 278 g/mol. The first kappa shape index (κ1) is 13.4. The summed E-state index contributed by atoms with van der Waals surface area (Å²) in [4.78, 5) is 15.3. The molecule has 1 aromatic heterocycles. The van der Waals surface area contributed by atoms with Crippen LogP contribution in [0.15, 0.2) is 36.5 Å². The van der Waals surface area contributed by atoms with Crippen LogP contribution in [-0.2, 0) is 6.61 Å². The molecule has 0 spiro atoms. The first-order chi connectivity index (χ1) is 9.08. The molecule has 0 fully saturated rings. The first-order valence-corrected chi connectivity index (χ1v) is 6.02. The highest BCUT2D eigenvalue weighted by Crippen LogP contribution is 2.24. The largest absolute Gasteiger partial charge is 0.486 e. The van der Waals surface area contributed by atoms with E-state index in [0.29, 0.717) is 5.02 Å². The Kier molecular flexibility index (Phi) is 4.02. The van der Waals surface area contributed by atoms with Gasteiger partial charge in [0.15, 0.2) is 0 Å². The van der Waals surface area contributed by atoms with Crippen LogP contribution in [0, 0.1) is 6.92 Å². The summed E-state index contributed by atoms with van der Waals surface area (Å²) in [6, 6.07) is 8.26. The molecular weight excluding hydrogens is 266 g/mol. The second kappa shape index (κ2) is 5.71. The van der Waals surface area contributed by atoms with Crippen molar-refractivity contribution in [3.05, 3.63) is 58.4 Å². The molecule has 1 N–H and O–H groups in total. The van der Waals surface area contributed by atoms with Crippen LogP contribution in [0.4, 0.5) is 0 Å². The Morgan fingerprint density at radius 1 is 1.42 bits per heavy atom. The van der Waals surface area contributed by atoms with Crippen LogP contribution in [0.5, 0.6) is 5.75 Å². The second-order valence-corrected chi connectivity index (χ2v) is 4.44. The molecule has 5 heteroatoms. The zero-order valence-corrected chi connectivity index (χ0v) is 11.0. The zero-order valence-electron chi connectivity index (χ0n) is 10.3. The number of hydrogen-bond donors (Lipinski definition) is 1. The minimum Gasteiger partial charge on any atom is -0.486 e. The van der Waals surface area contributed by atoms with Crippen molar-refractivity contribution in [3.8, 4) is 5.75 Å². The van der Waals surface area contributed by atoms with Gasteiger partial charge in [-0.2, -0.15) is 0 Å². The van der Waals surface area contributed by atoms with Gasteiger partial charge in [-0.25, -0.2) is 4.79 Å². The topological polar surface area (TPSA) is 59.4 Å². The minimum absolute atomic E-state index is 0.0427. The maximum Gasteiger partial charge on any atom is 0.339 e. The molecule has 0 aliphatic heterocycles. The quantitative estimate of drug-likeness (QED) is 0.931. The van der Waals surface area contributed by atoms with Crippen molar-refractivity contribution >= 4 is 17.6 Å². The number of aromatic carboxylic acids is 1. The van der Waals surface area contributed by atoms with Crippen molar-refractivity contribution < 1.29 is 14.6 Å². The summed E-state index contributed by atoms with van der Waals surface area (Å²) in [6.07, 6.45) is 1.67. The summed E-state index contributed by atoms with van der Waals surface area (Å²) in [6.45, 7) is 2.14. The van der Waals surface area contributed by atoms with E-state index in [4.69, 9.17) is 21.4 Å². The Morgan fingerprint density at radius 3 is 2.89 bits per heavy atom. The predicted octanol–water partition coefficient (Wildman–Crippen LogP) is 3.32. The van der Waals surface area contributed by atoms with Crippen molar-refractivity contribution in [1.82, 2.24) is 4.98 Å². The van der Waals surface area contributed by atoms with Gasteiger partial charge in [0.05, 0.1) is 5.69 Å². The van der Waals surface area contributed by atoms with Gasteiger partial charge in [0, 0.05) is 11.2 Å². The molecule has 1 aromatic carbocycles. The van der Waals surface area contributed by atoms with Gasteiger partial charge in [0.25, 0.3) is 0 Å². The molecule has 0 saturated carbocycles. The summed E-state index contributed by atoms with van der Waals surface area (Å²) in [5.74, 6) is -0.794. The SMILES string of the molecule is Cc1cccnc1COc1ccc(Cl)cc1C(=O)O. The zero-order chi connectivity index (χ0) is 13.8. The Hall–Kier alpha value is -2.07. The van der Waals surface area contributed by atoms with Gasteiger partial charge in [-0.05, 0) is 36.8 Å². The van der Waals surface area contributed by atoms with Crippen LogP contribution in [0.2, 0.25) is 5.02 Å². The monoisotopic (exact) mass is 277 g/mol. The van der Waals surface area contributed by atoms with Gasteiger partial charge in [-0.1, -0.05) is 17.7 Å². The highest BCUT2D eigenvalue weighted by Gasteiger charge is 2.12. The normalized spacial score (nSPS) is 10.2. The van der Waals surface area contributed by atoms with E-state index >= 15 is 0 Å². The predicted molar refractivity (Wildman–Crippen MR) is 71.7 cm³/mol. The van der Waals surface area contributed by atoms with E-state index in [9.17, 15) is 4.79 Å². The molecule has 0 unspecified atom stereocenters. The third-order valence-corrected chi connectivity index (χ3v) is 2.89. The van der Waals surface area contributed by atoms with Crippen LogP contribution < -0.4 is 4.74 Å². The number of carboxylic acid groups (broad SMARTS) is 1. The Bertz CT molecular complexity index is 613. The summed E-state index contributed by atoms with van der Waals surface area (Å²) in [7, 11) is 0. The molecule has 2 aromatic rings. The second-order valence-electron chi connectivity index (χ2n) is 4.00. The number of ether oxygens (including phenoxy) is 1. The van der Waals surface area contributed by atoms with Crippen LogP contribution in [0.1, 0.15) is 21.6 Å². The van der Waals surface area contributed by atoms with E-state index in [1.54, 1.807) is 18.3 Å². The van der Waals surface area contributed by atoms with E-state index in [-0.39, 0.29) is 17.9 Å². The maximum absolute atomic E-state index is 11.1. The van der Waals surface area contributed by atoms with Gasteiger partial charge in [-0.15, -0.1) is 0 Å². The molecule has 98 valence electrons. The van der Waals surface area contributed by atoms with Crippen molar-refractivity contribution in [2.24, 2.45) is 0 Å². The number of rotatable bonds is 4. The summed E-state index contributed by atoms with van der Waals surface area (Å²) in [5, 5.41) is 9.45. The molecular formula is C14H12ClNO3. The van der Waals surface area contributed by atoms with Crippen LogP contribution in [0.3, 0.4) is 0 Å².